The Morgan fingerprint density at radius 2 is 2.26 bits per heavy atom. The van der Waals surface area contributed by atoms with E-state index >= 15 is 0 Å². The van der Waals surface area contributed by atoms with Crippen molar-refractivity contribution >= 4 is 0 Å². The van der Waals surface area contributed by atoms with Crippen LogP contribution in [-0.4, -0.2) is 51.7 Å². The van der Waals surface area contributed by atoms with E-state index in [-0.39, 0.29) is 12.4 Å². The van der Waals surface area contributed by atoms with Crippen LogP contribution >= 0.6 is 0 Å². The molecule has 2 heterocycles. The highest BCUT2D eigenvalue weighted by molar-refractivity contribution is 5.12. The third kappa shape index (κ3) is 2.28. The molecular formula is C10H15N3O6. The summed E-state index contributed by atoms with van der Waals surface area (Å²) in [6.07, 6.45) is -1.94. The molecule has 1 aromatic rings. The molecule has 0 saturated carbocycles. The minimum Gasteiger partial charge on any atom is -0.490 e. The molecule has 9 nitrogen and oxygen atoms in total. The monoisotopic (exact) mass is 273 g/mol. The van der Waals surface area contributed by atoms with Crippen LogP contribution in [0.3, 0.4) is 0 Å². The fourth-order valence-corrected chi connectivity index (χ4v) is 1.96. The molecule has 0 radical (unpaired) electrons. The van der Waals surface area contributed by atoms with E-state index in [1.165, 1.54) is 7.11 Å². The molecule has 1 aromatic heterocycles. The highest BCUT2D eigenvalue weighted by Crippen LogP contribution is 2.27. The summed E-state index contributed by atoms with van der Waals surface area (Å²) < 4.78 is 11.1. The van der Waals surface area contributed by atoms with E-state index in [9.17, 15) is 14.7 Å². The fraction of sp³-hybridized carbons (Fsp3) is 0.600. The Bertz CT molecular complexity index is 567. The number of aromatic nitrogens is 2. The average molecular weight is 273 g/mol. The smallest absolute Gasteiger partial charge is 0.330 e. The predicted octanol–water partition coefficient (Wildman–Crippen LogP) is -2.88. The number of nitrogens with zero attached hydrogens (tertiary/aromatic N) is 1. The number of aliphatic hydroxyl groups is 2. The second-order valence-corrected chi connectivity index (χ2v) is 4.18. The van der Waals surface area contributed by atoms with Gasteiger partial charge in [-0.15, -0.1) is 0 Å². The third-order valence-electron chi connectivity index (χ3n) is 3.04. The number of hydrogen-bond acceptors (Lipinski definition) is 7. The summed E-state index contributed by atoms with van der Waals surface area (Å²) in [6, 6.07) is -0.833. The van der Waals surface area contributed by atoms with Crippen molar-refractivity contribution in [1.82, 2.24) is 9.55 Å². The van der Waals surface area contributed by atoms with Gasteiger partial charge in [-0.3, -0.25) is 14.3 Å². The SMILES string of the molecule is COc1cn([C@@H]2O[C@H](CO)C(N)C2O)c(=O)[nH]c1=O. The molecule has 1 aliphatic rings. The van der Waals surface area contributed by atoms with Crippen molar-refractivity contribution < 1.29 is 19.7 Å². The first-order chi connectivity index (χ1) is 8.99. The summed E-state index contributed by atoms with van der Waals surface area (Å²) in [4.78, 5) is 25.1. The van der Waals surface area contributed by atoms with E-state index < -0.39 is 35.7 Å². The summed E-state index contributed by atoms with van der Waals surface area (Å²) in [7, 11) is 1.27. The second kappa shape index (κ2) is 5.13. The van der Waals surface area contributed by atoms with E-state index in [1.807, 2.05) is 4.98 Å². The number of aromatic amines is 1. The van der Waals surface area contributed by atoms with Crippen LogP contribution < -0.4 is 21.7 Å². The minimum atomic E-state index is -1.19. The first-order valence-corrected chi connectivity index (χ1v) is 5.59. The number of H-pyrrole nitrogens is 1. The zero-order chi connectivity index (χ0) is 14.2. The summed E-state index contributed by atoms with van der Waals surface area (Å²) >= 11 is 0. The van der Waals surface area contributed by atoms with Gasteiger partial charge in [0.05, 0.1) is 26.0 Å². The third-order valence-corrected chi connectivity index (χ3v) is 3.04. The van der Waals surface area contributed by atoms with Crippen LogP contribution in [0.2, 0.25) is 0 Å². The molecule has 0 amide bonds. The summed E-state index contributed by atoms with van der Waals surface area (Å²) in [6.45, 7) is -0.385. The second-order valence-electron chi connectivity index (χ2n) is 4.18. The molecule has 0 bridgehead atoms. The van der Waals surface area contributed by atoms with Crippen LogP contribution in [0.1, 0.15) is 6.23 Å². The van der Waals surface area contributed by atoms with Crippen molar-refractivity contribution in [3.8, 4) is 5.75 Å². The topological polar surface area (TPSA) is 140 Å². The number of rotatable bonds is 3. The van der Waals surface area contributed by atoms with E-state index in [2.05, 4.69) is 0 Å². The van der Waals surface area contributed by atoms with Crippen molar-refractivity contribution in [1.29, 1.82) is 0 Å². The summed E-state index contributed by atoms with van der Waals surface area (Å²) in [5, 5.41) is 19.0. The highest BCUT2D eigenvalue weighted by Gasteiger charge is 2.42. The highest BCUT2D eigenvalue weighted by atomic mass is 16.5. The molecule has 1 saturated heterocycles. The number of nitrogens with two attached hydrogens (primary N) is 1. The zero-order valence-electron chi connectivity index (χ0n) is 10.1. The van der Waals surface area contributed by atoms with Crippen molar-refractivity contribution in [3.63, 3.8) is 0 Å². The van der Waals surface area contributed by atoms with Crippen molar-refractivity contribution in [3.05, 3.63) is 27.0 Å². The predicted molar refractivity (Wildman–Crippen MR) is 62.9 cm³/mol. The number of methoxy groups -OCH3 is 1. The van der Waals surface area contributed by atoms with E-state index in [0.717, 1.165) is 10.8 Å². The Morgan fingerprint density at radius 3 is 2.79 bits per heavy atom. The molecule has 1 fully saturated rings. The molecule has 5 N–H and O–H groups in total. The molecule has 2 rings (SSSR count). The van der Waals surface area contributed by atoms with Gasteiger partial charge in [-0.25, -0.2) is 4.79 Å². The lowest BCUT2D eigenvalue weighted by Crippen LogP contribution is -2.42. The maximum absolute atomic E-state index is 11.7. The lowest BCUT2D eigenvalue weighted by atomic mass is 10.1. The number of hydrogen-bond donors (Lipinski definition) is 4. The Labute approximate surface area is 107 Å². The van der Waals surface area contributed by atoms with Gasteiger partial charge in [0.2, 0.25) is 5.75 Å². The maximum Gasteiger partial charge on any atom is 0.330 e. The molecule has 0 spiro atoms. The Balaban J connectivity index is 2.43. The number of ether oxygens (including phenoxy) is 2. The lowest BCUT2D eigenvalue weighted by Gasteiger charge is -2.17. The van der Waals surface area contributed by atoms with Gasteiger partial charge in [-0.05, 0) is 0 Å². The van der Waals surface area contributed by atoms with E-state index in [0.29, 0.717) is 0 Å². The van der Waals surface area contributed by atoms with Crippen molar-refractivity contribution in [2.75, 3.05) is 13.7 Å². The molecule has 1 aliphatic heterocycles. The van der Waals surface area contributed by atoms with Crippen LogP contribution in [0, 0.1) is 0 Å². The van der Waals surface area contributed by atoms with Crippen LogP contribution in [0.5, 0.6) is 5.75 Å². The molecule has 9 heteroatoms. The number of nitrogens with one attached hydrogen (secondary N) is 1. The Hall–Kier alpha value is -1.68. The van der Waals surface area contributed by atoms with Gasteiger partial charge in [0.25, 0.3) is 5.56 Å². The fourth-order valence-electron chi connectivity index (χ4n) is 1.96. The van der Waals surface area contributed by atoms with Gasteiger partial charge in [0.1, 0.15) is 12.2 Å². The van der Waals surface area contributed by atoms with Gasteiger partial charge in [0.15, 0.2) is 6.23 Å². The molecule has 0 aliphatic carbocycles. The van der Waals surface area contributed by atoms with Crippen LogP contribution in [0.4, 0.5) is 0 Å². The first-order valence-electron chi connectivity index (χ1n) is 5.59. The largest absolute Gasteiger partial charge is 0.490 e. The molecule has 2 unspecified atom stereocenters. The van der Waals surface area contributed by atoms with Gasteiger partial charge < -0.3 is 25.4 Å². The molecule has 0 aromatic carbocycles. The van der Waals surface area contributed by atoms with Crippen LogP contribution in [-0.2, 0) is 4.74 Å². The average Bonchev–Trinajstić information content (AvgIpc) is 2.67. The standard InChI is InChI=1S/C10H15N3O6/c1-18-4-2-13(10(17)12-8(4)16)9-7(15)6(11)5(3-14)19-9/h2,5-7,9,14-15H,3,11H2,1H3,(H,12,16,17)/t5-,6?,7?,9-/m1/s1. The van der Waals surface area contributed by atoms with Gasteiger partial charge in [0, 0.05) is 0 Å². The lowest BCUT2D eigenvalue weighted by molar-refractivity contribution is -0.0534. The van der Waals surface area contributed by atoms with E-state index in [1.54, 1.807) is 0 Å². The molecular weight excluding hydrogens is 258 g/mol. The van der Waals surface area contributed by atoms with Crippen molar-refractivity contribution in [2.45, 2.75) is 24.5 Å². The van der Waals surface area contributed by atoms with Crippen LogP contribution in [0.25, 0.3) is 0 Å². The maximum atomic E-state index is 11.7. The van der Waals surface area contributed by atoms with Crippen LogP contribution in [0.15, 0.2) is 15.8 Å². The first kappa shape index (κ1) is 13.7. The molecule has 106 valence electrons. The number of aliphatic hydroxyl groups excluding tert-OH is 2. The summed E-state index contributed by atoms with van der Waals surface area (Å²) in [5.41, 5.74) is 4.21. The van der Waals surface area contributed by atoms with Gasteiger partial charge in [-0.2, -0.15) is 0 Å². The Kier molecular flexibility index (Phi) is 3.71. The van der Waals surface area contributed by atoms with Crippen molar-refractivity contribution in [2.24, 2.45) is 5.73 Å². The summed E-state index contributed by atoms with van der Waals surface area (Å²) in [5.74, 6) is -0.101. The quantitative estimate of drug-likeness (QED) is 0.464. The zero-order valence-corrected chi connectivity index (χ0v) is 10.1. The van der Waals surface area contributed by atoms with E-state index in [4.69, 9.17) is 20.3 Å². The molecule has 19 heavy (non-hydrogen) atoms. The Morgan fingerprint density at radius 1 is 1.58 bits per heavy atom. The normalized spacial score (nSPS) is 30.5. The molecule has 4 atom stereocenters. The minimum absolute atomic E-state index is 0.101. The van der Waals surface area contributed by atoms with Gasteiger partial charge >= 0.3 is 5.69 Å². The van der Waals surface area contributed by atoms with Gasteiger partial charge in [-0.1, -0.05) is 0 Å².